The third-order valence-corrected chi connectivity index (χ3v) is 5.31. The zero-order valence-electron chi connectivity index (χ0n) is 16.1. The molecule has 3 aromatic rings. The first kappa shape index (κ1) is 19.2. The van der Waals surface area contributed by atoms with Crippen LogP contribution in [0.25, 0.3) is 0 Å². The molecule has 1 aliphatic rings. The number of halogens is 1. The van der Waals surface area contributed by atoms with Crippen LogP contribution in [0, 0.1) is 6.92 Å². The van der Waals surface area contributed by atoms with E-state index in [0.717, 1.165) is 13.0 Å². The summed E-state index contributed by atoms with van der Waals surface area (Å²) in [6.45, 7) is 3.04. The van der Waals surface area contributed by atoms with Gasteiger partial charge in [0.2, 0.25) is 11.9 Å². The summed E-state index contributed by atoms with van der Waals surface area (Å²) in [4.78, 5) is 32.0. The second-order valence-electron chi connectivity index (χ2n) is 7.09. The van der Waals surface area contributed by atoms with E-state index >= 15 is 0 Å². The van der Waals surface area contributed by atoms with Crippen molar-refractivity contribution in [2.45, 2.75) is 26.4 Å². The molecule has 148 valence electrons. The number of aromatic nitrogens is 2. The Hall–Kier alpha value is -3.12. The number of benzene rings is 2. The summed E-state index contributed by atoms with van der Waals surface area (Å²) >= 11 is 6.12. The average molecular weight is 409 g/mol. The van der Waals surface area contributed by atoms with E-state index in [-0.39, 0.29) is 18.0 Å². The molecule has 0 radical (unpaired) electrons. The van der Waals surface area contributed by atoms with E-state index < -0.39 is 0 Å². The Morgan fingerprint density at radius 2 is 1.86 bits per heavy atom. The normalized spacial score (nSPS) is 13.1. The van der Waals surface area contributed by atoms with Gasteiger partial charge in [0.25, 0.3) is 5.56 Å². The van der Waals surface area contributed by atoms with Crippen molar-refractivity contribution in [3.05, 3.63) is 86.8 Å². The SMILES string of the molecule is Cc1cc(=O)n(CC(=O)Nc2ccccc2Cl)c(N2CCc3ccccc3C2)n1. The van der Waals surface area contributed by atoms with Gasteiger partial charge in [-0.05, 0) is 36.6 Å². The number of fused-ring (bicyclic) bond motifs is 1. The highest BCUT2D eigenvalue weighted by Crippen LogP contribution is 2.23. The third-order valence-electron chi connectivity index (χ3n) is 4.98. The summed E-state index contributed by atoms with van der Waals surface area (Å²) in [5, 5.41) is 3.22. The van der Waals surface area contributed by atoms with Crippen molar-refractivity contribution in [1.29, 1.82) is 0 Å². The van der Waals surface area contributed by atoms with Gasteiger partial charge in [-0.3, -0.25) is 14.2 Å². The van der Waals surface area contributed by atoms with E-state index in [0.29, 0.717) is 28.9 Å². The van der Waals surface area contributed by atoms with Gasteiger partial charge < -0.3 is 10.2 Å². The maximum atomic E-state index is 12.7. The van der Waals surface area contributed by atoms with Crippen LogP contribution in [0.4, 0.5) is 11.6 Å². The first-order valence-corrected chi connectivity index (χ1v) is 9.83. The monoisotopic (exact) mass is 408 g/mol. The predicted molar refractivity (Wildman–Crippen MR) is 115 cm³/mol. The standard InChI is InChI=1S/C22H21ClN4O2/c1-15-12-21(29)27(14-20(28)25-19-9-5-4-8-18(19)23)22(24-15)26-11-10-16-6-2-3-7-17(16)13-26/h2-9,12H,10-11,13-14H2,1H3,(H,25,28). The van der Waals surface area contributed by atoms with Crippen LogP contribution in [-0.4, -0.2) is 22.0 Å². The fraction of sp³-hybridized carbons (Fsp3) is 0.227. The van der Waals surface area contributed by atoms with Gasteiger partial charge in [-0.15, -0.1) is 0 Å². The molecule has 0 unspecified atom stereocenters. The van der Waals surface area contributed by atoms with Gasteiger partial charge in [0.1, 0.15) is 6.54 Å². The van der Waals surface area contributed by atoms with Crippen molar-refractivity contribution >= 4 is 29.1 Å². The number of rotatable bonds is 4. The van der Waals surface area contributed by atoms with E-state index in [2.05, 4.69) is 27.3 Å². The van der Waals surface area contributed by atoms with Gasteiger partial charge in [0.05, 0.1) is 10.7 Å². The second-order valence-corrected chi connectivity index (χ2v) is 7.50. The molecule has 0 atom stereocenters. The summed E-state index contributed by atoms with van der Waals surface area (Å²) in [6.07, 6.45) is 0.867. The molecule has 1 aromatic heterocycles. The van der Waals surface area contributed by atoms with Crippen LogP contribution < -0.4 is 15.8 Å². The maximum absolute atomic E-state index is 12.7. The molecule has 0 saturated heterocycles. The number of amides is 1. The van der Waals surface area contributed by atoms with Gasteiger partial charge >= 0.3 is 0 Å². The molecule has 7 heteroatoms. The molecular weight excluding hydrogens is 388 g/mol. The lowest BCUT2D eigenvalue weighted by Crippen LogP contribution is -2.38. The van der Waals surface area contributed by atoms with Crippen LogP contribution in [0.1, 0.15) is 16.8 Å². The van der Waals surface area contributed by atoms with Crippen LogP contribution in [0.15, 0.2) is 59.4 Å². The number of carbonyl (C=O) groups excluding carboxylic acids is 1. The van der Waals surface area contributed by atoms with Crippen LogP contribution in [0.2, 0.25) is 5.02 Å². The topological polar surface area (TPSA) is 67.2 Å². The first-order valence-electron chi connectivity index (χ1n) is 9.46. The van der Waals surface area contributed by atoms with Gasteiger partial charge in [-0.2, -0.15) is 0 Å². The van der Waals surface area contributed by atoms with Crippen molar-refractivity contribution in [3.8, 4) is 0 Å². The number of nitrogens with zero attached hydrogens (tertiary/aromatic N) is 3. The molecule has 1 aliphatic heterocycles. The molecular formula is C22H21ClN4O2. The molecule has 0 saturated carbocycles. The quantitative estimate of drug-likeness (QED) is 0.718. The van der Waals surface area contributed by atoms with E-state index in [4.69, 9.17) is 11.6 Å². The van der Waals surface area contributed by atoms with Crippen molar-refractivity contribution in [3.63, 3.8) is 0 Å². The average Bonchev–Trinajstić information content (AvgIpc) is 2.71. The number of hydrogen-bond acceptors (Lipinski definition) is 4. The van der Waals surface area contributed by atoms with Crippen LogP contribution in [0.5, 0.6) is 0 Å². The number of anilines is 2. The Bertz CT molecular complexity index is 1130. The Labute approximate surface area is 173 Å². The molecule has 1 amide bonds. The zero-order chi connectivity index (χ0) is 20.4. The summed E-state index contributed by atoms with van der Waals surface area (Å²) in [7, 11) is 0. The first-order chi connectivity index (χ1) is 14.0. The fourth-order valence-electron chi connectivity index (χ4n) is 3.56. The van der Waals surface area contributed by atoms with Gasteiger partial charge in [0.15, 0.2) is 0 Å². The van der Waals surface area contributed by atoms with E-state index in [1.165, 1.54) is 21.8 Å². The van der Waals surface area contributed by atoms with Crippen LogP contribution in [-0.2, 0) is 24.3 Å². The van der Waals surface area contributed by atoms with Crippen molar-refractivity contribution < 1.29 is 4.79 Å². The predicted octanol–water partition coefficient (Wildman–Crippen LogP) is 3.41. The number of hydrogen-bond donors (Lipinski definition) is 1. The molecule has 29 heavy (non-hydrogen) atoms. The highest BCUT2D eigenvalue weighted by molar-refractivity contribution is 6.33. The molecule has 0 bridgehead atoms. The highest BCUT2D eigenvalue weighted by Gasteiger charge is 2.22. The Morgan fingerprint density at radius 3 is 2.66 bits per heavy atom. The smallest absolute Gasteiger partial charge is 0.255 e. The molecule has 2 heterocycles. The lowest BCUT2D eigenvalue weighted by molar-refractivity contribution is -0.116. The number of nitrogens with one attached hydrogen (secondary N) is 1. The minimum Gasteiger partial charge on any atom is -0.337 e. The van der Waals surface area contributed by atoms with Crippen molar-refractivity contribution in [1.82, 2.24) is 9.55 Å². The zero-order valence-corrected chi connectivity index (χ0v) is 16.8. The second kappa shape index (κ2) is 8.09. The summed E-state index contributed by atoms with van der Waals surface area (Å²) in [5.74, 6) is 0.184. The van der Waals surface area contributed by atoms with Gasteiger partial charge in [0, 0.05) is 24.8 Å². The minimum absolute atomic E-state index is 0.134. The van der Waals surface area contributed by atoms with E-state index in [1.807, 2.05) is 12.1 Å². The van der Waals surface area contributed by atoms with Gasteiger partial charge in [-0.25, -0.2) is 4.98 Å². The molecule has 0 fully saturated rings. The Balaban J connectivity index is 1.62. The molecule has 2 aromatic carbocycles. The van der Waals surface area contributed by atoms with Crippen molar-refractivity contribution in [2.75, 3.05) is 16.8 Å². The van der Waals surface area contributed by atoms with Crippen LogP contribution in [0.3, 0.4) is 0 Å². The Kier molecular flexibility index (Phi) is 5.36. The molecule has 1 N–H and O–H groups in total. The lowest BCUT2D eigenvalue weighted by atomic mass is 10.0. The third kappa shape index (κ3) is 4.17. The summed E-state index contributed by atoms with van der Waals surface area (Å²) in [5.41, 5.74) is 3.41. The number of para-hydroxylation sites is 1. The minimum atomic E-state index is -0.329. The highest BCUT2D eigenvalue weighted by atomic mass is 35.5. The fourth-order valence-corrected chi connectivity index (χ4v) is 3.74. The Morgan fingerprint density at radius 1 is 1.14 bits per heavy atom. The lowest BCUT2D eigenvalue weighted by Gasteiger charge is -2.31. The number of aryl methyl sites for hydroxylation is 1. The van der Waals surface area contributed by atoms with Gasteiger partial charge in [-0.1, -0.05) is 48.0 Å². The maximum Gasteiger partial charge on any atom is 0.255 e. The van der Waals surface area contributed by atoms with Crippen LogP contribution >= 0.6 is 11.6 Å². The van der Waals surface area contributed by atoms with E-state index in [1.54, 1.807) is 31.2 Å². The number of carbonyl (C=O) groups is 1. The largest absolute Gasteiger partial charge is 0.337 e. The molecule has 4 rings (SSSR count). The summed E-state index contributed by atoms with van der Waals surface area (Å²) in [6, 6.07) is 16.7. The molecule has 6 nitrogen and oxygen atoms in total. The van der Waals surface area contributed by atoms with E-state index in [9.17, 15) is 9.59 Å². The molecule has 0 aliphatic carbocycles. The van der Waals surface area contributed by atoms with Crippen molar-refractivity contribution in [2.24, 2.45) is 0 Å². The summed E-state index contributed by atoms with van der Waals surface area (Å²) < 4.78 is 1.42. The molecule has 0 spiro atoms.